The van der Waals surface area contributed by atoms with Gasteiger partial charge in [0.2, 0.25) is 0 Å². The molecule has 0 aliphatic carbocycles. The summed E-state index contributed by atoms with van der Waals surface area (Å²) >= 11 is 0. The summed E-state index contributed by atoms with van der Waals surface area (Å²) in [5, 5.41) is 9.03. The first kappa shape index (κ1) is 17.8. The molecule has 0 aliphatic rings. The summed E-state index contributed by atoms with van der Waals surface area (Å²) in [6.07, 6.45) is 9.87. The number of hydrogen-bond acceptors (Lipinski definition) is 2. The second-order valence-corrected chi connectivity index (χ2v) is 4.38. The number of carbonyl (C=O) groups is 1. The van der Waals surface area contributed by atoms with Crippen LogP contribution in [0, 0.1) is 5.92 Å². The topological polar surface area (TPSA) is 72.3 Å². The third kappa shape index (κ3) is 9.97. The number of rotatable bonds is 10. The fourth-order valence-corrected chi connectivity index (χ4v) is 1.85. The summed E-state index contributed by atoms with van der Waals surface area (Å²) in [4.78, 5) is 11.0. The maximum atomic E-state index is 11.0. The molecule has 1 unspecified atom stereocenters. The molecule has 0 aromatic rings. The van der Waals surface area contributed by atoms with Crippen LogP contribution < -0.4 is 6.15 Å². The Morgan fingerprint density at radius 3 is 1.81 bits per heavy atom. The van der Waals surface area contributed by atoms with E-state index in [4.69, 9.17) is 5.11 Å². The van der Waals surface area contributed by atoms with Crippen LogP contribution in [0.25, 0.3) is 0 Å². The predicted molar refractivity (Wildman–Crippen MR) is 69.0 cm³/mol. The molecular weight excluding hydrogens is 202 g/mol. The lowest BCUT2D eigenvalue weighted by atomic mass is 9.95. The Balaban J connectivity index is 0. The number of carboxylic acids is 1. The summed E-state index contributed by atoms with van der Waals surface area (Å²) in [7, 11) is 0. The maximum absolute atomic E-state index is 11.0. The van der Waals surface area contributed by atoms with E-state index in [9.17, 15) is 4.79 Å². The van der Waals surface area contributed by atoms with Crippen molar-refractivity contribution in [1.82, 2.24) is 6.15 Å². The van der Waals surface area contributed by atoms with Crippen LogP contribution in [0.3, 0.4) is 0 Å². The van der Waals surface area contributed by atoms with E-state index in [-0.39, 0.29) is 12.1 Å². The van der Waals surface area contributed by atoms with Crippen LogP contribution in [0.4, 0.5) is 0 Å². The van der Waals surface area contributed by atoms with Crippen molar-refractivity contribution < 1.29 is 9.90 Å². The molecule has 0 aliphatic heterocycles. The first-order valence-corrected chi connectivity index (χ1v) is 6.45. The van der Waals surface area contributed by atoms with Crippen molar-refractivity contribution in [2.45, 2.75) is 71.6 Å². The van der Waals surface area contributed by atoms with Crippen LogP contribution >= 0.6 is 0 Å². The van der Waals surface area contributed by atoms with Crippen molar-refractivity contribution in [3.8, 4) is 0 Å². The maximum Gasteiger partial charge on any atom is 0.306 e. The largest absolute Gasteiger partial charge is 0.481 e. The molecule has 1 atom stereocenters. The minimum absolute atomic E-state index is 0. The predicted octanol–water partition coefficient (Wildman–Crippen LogP) is 4.40. The summed E-state index contributed by atoms with van der Waals surface area (Å²) in [6, 6.07) is 0. The van der Waals surface area contributed by atoms with Crippen molar-refractivity contribution in [1.29, 1.82) is 0 Å². The highest BCUT2D eigenvalue weighted by atomic mass is 16.4. The van der Waals surface area contributed by atoms with Gasteiger partial charge in [0.25, 0.3) is 0 Å². The Kier molecular flexibility index (Phi) is 13.9. The SMILES string of the molecule is CCCCCCC(CCCCC)C(=O)O.N. The van der Waals surface area contributed by atoms with E-state index >= 15 is 0 Å². The highest BCUT2D eigenvalue weighted by Gasteiger charge is 2.15. The fraction of sp³-hybridized carbons (Fsp3) is 0.923. The molecule has 0 rings (SSSR count). The van der Waals surface area contributed by atoms with Crippen LogP contribution in [-0.4, -0.2) is 11.1 Å². The van der Waals surface area contributed by atoms with E-state index in [0.717, 1.165) is 25.7 Å². The molecule has 0 bridgehead atoms. The van der Waals surface area contributed by atoms with E-state index in [0.29, 0.717) is 0 Å². The van der Waals surface area contributed by atoms with E-state index in [2.05, 4.69) is 13.8 Å². The van der Waals surface area contributed by atoms with Crippen molar-refractivity contribution in [2.75, 3.05) is 0 Å². The Morgan fingerprint density at radius 1 is 0.938 bits per heavy atom. The molecular formula is C13H29NO2. The minimum Gasteiger partial charge on any atom is -0.481 e. The lowest BCUT2D eigenvalue weighted by Crippen LogP contribution is -2.13. The van der Waals surface area contributed by atoms with Gasteiger partial charge in [-0.05, 0) is 12.8 Å². The summed E-state index contributed by atoms with van der Waals surface area (Å²) in [5.74, 6) is -0.684. The molecule has 0 aromatic heterocycles. The van der Waals surface area contributed by atoms with Gasteiger partial charge in [-0.25, -0.2) is 0 Å². The Morgan fingerprint density at radius 2 is 1.38 bits per heavy atom. The van der Waals surface area contributed by atoms with Crippen molar-refractivity contribution >= 4 is 5.97 Å². The van der Waals surface area contributed by atoms with Crippen LogP contribution in [0.15, 0.2) is 0 Å². The van der Waals surface area contributed by atoms with Crippen molar-refractivity contribution in [2.24, 2.45) is 5.92 Å². The van der Waals surface area contributed by atoms with Gasteiger partial charge in [-0.1, -0.05) is 58.8 Å². The standard InChI is InChI=1S/C13H26O2.H3N/c1-3-5-7-9-11-12(13(14)15)10-8-6-4-2;/h12H,3-11H2,1-2H3,(H,14,15);1H3. The molecule has 0 heterocycles. The highest BCUT2D eigenvalue weighted by molar-refractivity contribution is 5.69. The van der Waals surface area contributed by atoms with Gasteiger partial charge in [0.05, 0.1) is 5.92 Å². The second-order valence-electron chi connectivity index (χ2n) is 4.38. The van der Waals surface area contributed by atoms with Gasteiger partial charge in [-0.15, -0.1) is 0 Å². The van der Waals surface area contributed by atoms with E-state index in [1.807, 2.05) is 0 Å². The number of aliphatic carboxylic acids is 1. The third-order valence-corrected chi connectivity index (χ3v) is 2.91. The fourth-order valence-electron chi connectivity index (χ4n) is 1.85. The summed E-state index contributed by atoms with van der Waals surface area (Å²) < 4.78 is 0. The monoisotopic (exact) mass is 231 g/mol. The Labute approximate surface area is 100 Å². The quantitative estimate of drug-likeness (QED) is 0.547. The third-order valence-electron chi connectivity index (χ3n) is 2.91. The van der Waals surface area contributed by atoms with Crippen LogP contribution in [-0.2, 0) is 4.79 Å². The van der Waals surface area contributed by atoms with Crippen LogP contribution in [0.2, 0.25) is 0 Å². The number of unbranched alkanes of at least 4 members (excludes halogenated alkanes) is 5. The van der Waals surface area contributed by atoms with Crippen LogP contribution in [0.1, 0.15) is 71.6 Å². The van der Waals surface area contributed by atoms with Gasteiger partial charge in [0.15, 0.2) is 0 Å². The van der Waals surface area contributed by atoms with Crippen molar-refractivity contribution in [3.63, 3.8) is 0 Å². The van der Waals surface area contributed by atoms with Gasteiger partial charge in [-0.2, -0.15) is 0 Å². The number of hydrogen-bond donors (Lipinski definition) is 2. The number of carboxylic acid groups (broad SMARTS) is 1. The molecule has 98 valence electrons. The van der Waals surface area contributed by atoms with Gasteiger partial charge in [0.1, 0.15) is 0 Å². The van der Waals surface area contributed by atoms with E-state index in [1.165, 1.54) is 32.1 Å². The normalized spacial score (nSPS) is 11.9. The molecule has 3 nitrogen and oxygen atoms in total. The van der Waals surface area contributed by atoms with Gasteiger partial charge >= 0.3 is 5.97 Å². The molecule has 0 saturated carbocycles. The molecule has 0 spiro atoms. The highest BCUT2D eigenvalue weighted by Crippen LogP contribution is 2.18. The molecule has 16 heavy (non-hydrogen) atoms. The first-order chi connectivity index (χ1) is 7.22. The molecule has 4 N–H and O–H groups in total. The molecule has 0 aromatic carbocycles. The molecule has 3 heteroatoms. The van der Waals surface area contributed by atoms with Gasteiger partial charge < -0.3 is 11.3 Å². The van der Waals surface area contributed by atoms with Gasteiger partial charge in [-0.3, -0.25) is 4.79 Å². The summed E-state index contributed by atoms with van der Waals surface area (Å²) in [6.45, 7) is 4.33. The second kappa shape index (κ2) is 12.5. The zero-order valence-corrected chi connectivity index (χ0v) is 11.0. The molecule has 0 amide bonds. The Hall–Kier alpha value is -0.570. The lowest BCUT2D eigenvalue weighted by molar-refractivity contribution is -0.142. The lowest BCUT2D eigenvalue weighted by Gasteiger charge is -2.11. The molecule has 0 fully saturated rings. The average Bonchev–Trinajstić information content (AvgIpc) is 2.21. The van der Waals surface area contributed by atoms with Crippen molar-refractivity contribution in [3.05, 3.63) is 0 Å². The van der Waals surface area contributed by atoms with Gasteiger partial charge in [0, 0.05) is 0 Å². The van der Waals surface area contributed by atoms with Crippen LogP contribution in [0.5, 0.6) is 0 Å². The summed E-state index contributed by atoms with van der Waals surface area (Å²) in [5.41, 5.74) is 0. The smallest absolute Gasteiger partial charge is 0.306 e. The molecule has 0 saturated heterocycles. The average molecular weight is 231 g/mol. The molecule has 0 radical (unpaired) electrons. The minimum atomic E-state index is -0.595. The Bertz CT molecular complexity index is 160. The zero-order valence-electron chi connectivity index (χ0n) is 11.0. The van der Waals surface area contributed by atoms with E-state index < -0.39 is 5.97 Å². The first-order valence-electron chi connectivity index (χ1n) is 6.45. The zero-order chi connectivity index (χ0) is 11.5. The van der Waals surface area contributed by atoms with E-state index in [1.54, 1.807) is 0 Å².